The first-order valence-electron chi connectivity index (χ1n) is 8.35. The molecule has 0 amide bonds. The number of halogens is 1. The Balaban J connectivity index is 1.69. The average Bonchev–Trinajstić information content (AvgIpc) is 2.91. The van der Waals surface area contributed by atoms with E-state index in [-0.39, 0.29) is 12.3 Å². The topological polar surface area (TPSA) is 166 Å². The van der Waals surface area contributed by atoms with Gasteiger partial charge < -0.3 is 20.7 Å². The first-order chi connectivity index (χ1) is 13.7. The summed E-state index contributed by atoms with van der Waals surface area (Å²) in [6, 6.07) is 7.40. The first kappa shape index (κ1) is 21.2. The summed E-state index contributed by atoms with van der Waals surface area (Å²) in [5, 5.41) is 20.1. The van der Waals surface area contributed by atoms with Crippen LogP contribution in [-0.4, -0.2) is 44.4 Å². The standard InChI is InChI=1S/C16H17FN3O8P/c17-16(8-26-29(25)28-10-4-2-1-3-9(10)7-18)13(23)12(22)14(27-16)20-6-5-11(21)19-15(20)24/h1-6,12-14,22-23H,7-8,18H2/p+1/t12-,13+,14-,16-/m1/s1. The molecule has 1 aromatic heterocycles. The van der Waals surface area contributed by atoms with Crippen molar-refractivity contribution in [3.8, 4) is 5.75 Å². The Morgan fingerprint density at radius 2 is 2.03 bits per heavy atom. The van der Waals surface area contributed by atoms with Gasteiger partial charge in [-0.15, -0.1) is 4.52 Å². The molecular formula is C16H18FN3O8P+. The molecule has 1 saturated heterocycles. The van der Waals surface area contributed by atoms with Gasteiger partial charge in [-0.1, -0.05) is 18.2 Å². The summed E-state index contributed by atoms with van der Waals surface area (Å²) < 4.78 is 42.6. The predicted molar refractivity (Wildman–Crippen MR) is 95.8 cm³/mol. The third kappa shape index (κ3) is 4.42. The van der Waals surface area contributed by atoms with Crippen LogP contribution in [0.1, 0.15) is 11.8 Å². The van der Waals surface area contributed by atoms with E-state index >= 15 is 0 Å². The van der Waals surface area contributed by atoms with E-state index < -0.39 is 50.4 Å². The molecule has 0 bridgehead atoms. The summed E-state index contributed by atoms with van der Waals surface area (Å²) in [4.78, 5) is 24.9. The van der Waals surface area contributed by atoms with E-state index in [1.165, 1.54) is 6.07 Å². The lowest BCUT2D eigenvalue weighted by Crippen LogP contribution is -2.42. The quantitative estimate of drug-likeness (QED) is 0.430. The fourth-order valence-electron chi connectivity index (χ4n) is 2.73. The van der Waals surface area contributed by atoms with Gasteiger partial charge in [-0.3, -0.25) is 14.3 Å². The van der Waals surface area contributed by atoms with E-state index in [4.69, 9.17) is 19.5 Å². The zero-order valence-corrected chi connectivity index (χ0v) is 15.7. The zero-order chi connectivity index (χ0) is 21.2. The normalized spacial score (nSPS) is 27.0. The van der Waals surface area contributed by atoms with Crippen LogP contribution in [0.3, 0.4) is 0 Å². The van der Waals surface area contributed by atoms with E-state index in [1.807, 2.05) is 4.98 Å². The van der Waals surface area contributed by atoms with E-state index in [2.05, 4.69) is 0 Å². The van der Waals surface area contributed by atoms with E-state index in [9.17, 15) is 28.8 Å². The molecule has 0 spiro atoms. The van der Waals surface area contributed by atoms with E-state index in [1.54, 1.807) is 18.2 Å². The van der Waals surface area contributed by atoms with Crippen LogP contribution >= 0.6 is 8.25 Å². The number of nitrogens with one attached hydrogen (secondary N) is 1. The van der Waals surface area contributed by atoms with Crippen molar-refractivity contribution in [2.24, 2.45) is 5.73 Å². The van der Waals surface area contributed by atoms with Gasteiger partial charge in [0.25, 0.3) is 11.4 Å². The molecule has 2 aromatic rings. The molecule has 13 heteroatoms. The summed E-state index contributed by atoms with van der Waals surface area (Å²) in [7, 11) is -2.87. The highest BCUT2D eigenvalue weighted by molar-refractivity contribution is 7.33. The Kier molecular flexibility index (Phi) is 6.22. The van der Waals surface area contributed by atoms with Gasteiger partial charge in [0.2, 0.25) is 0 Å². The molecule has 1 aliphatic rings. The molecule has 156 valence electrons. The molecule has 3 rings (SSSR count). The third-order valence-electron chi connectivity index (χ3n) is 4.23. The molecule has 11 nitrogen and oxygen atoms in total. The molecule has 5 atom stereocenters. The predicted octanol–water partition coefficient (Wildman–Crippen LogP) is -0.335. The average molecular weight is 430 g/mol. The number of benzene rings is 1. The number of alkyl halides is 1. The number of nitrogens with two attached hydrogens (primary N) is 1. The number of aromatic nitrogens is 2. The van der Waals surface area contributed by atoms with Gasteiger partial charge in [0, 0.05) is 28.9 Å². The molecule has 29 heavy (non-hydrogen) atoms. The summed E-state index contributed by atoms with van der Waals surface area (Å²) in [5.74, 6) is -2.82. The van der Waals surface area contributed by atoms with Gasteiger partial charge in [-0.25, -0.2) is 13.7 Å². The smallest absolute Gasteiger partial charge is 0.385 e. The SMILES string of the molecule is NCc1ccccc1O[P+](=O)OC[C@@]1(F)O[C@@H](n2ccc(=O)[nH]c2=O)[C@H](O)[C@@H]1O. The van der Waals surface area contributed by atoms with Crippen LogP contribution in [0.15, 0.2) is 46.1 Å². The number of hydrogen-bond donors (Lipinski definition) is 4. The second kappa shape index (κ2) is 8.49. The van der Waals surface area contributed by atoms with Crippen LogP contribution in [-0.2, 0) is 20.4 Å². The zero-order valence-electron chi connectivity index (χ0n) is 14.8. The number of para-hydroxylation sites is 1. The molecule has 0 saturated carbocycles. The Bertz CT molecular complexity index is 1010. The van der Waals surface area contributed by atoms with Crippen LogP contribution in [0, 0.1) is 0 Å². The lowest BCUT2D eigenvalue weighted by molar-refractivity contribution is -0.203. The van der Waals surface area contributed by atoms with Crippen molar-refractivity contribution in [3.05, 3.63) is 62.9 Å². The molecule has 1 aliphatic heterocycles. The molecule has 0 radical (unpaired) electrons. The van der Waals surface area contributed by atoms with Crippen LogP contribution in [0.5, 0.6) is 5.75 Å². The monoisotopic (exact) mass is 430 g/mol. The summed E-state index contributed by atoms with van der Waals surface area (Å²) in [5.41, 5.74) is 4.39. The minimum Gasteiger partial charge on any atom is -0.385 e. The van der Waals surface area contributed by atoms with Gasteiger partial charge in [-0.05, 0) is 6.07 Å². The van der Waals surface area contributed by atoms with Gasteiger partial charge >= 0.3 is 13.9 Å². The molecular weight excluding hydrogens is 412 g/mol. The highest BCUT2D eigenvalue weighted by atomic mass is 31.1. The first-order valence-corrected chi connectivity index (χ1v) is 9.45. The number of aliphatic hydroxyl groups is 2. The number of nitrogens with zero attached hydrogens (tertiary/aromatic N) is 1. The van der Waals surface area contributed by atoms with Crippen molar-refractivity contribution in [3.63, 3.8) is 0 Å². The molecule has 1 fully saturated rings. The van der Waals surface area contributed by atoms with Gasteiger partial charge in [-0.2, -0.15) is 0 Å². The fraction of sp³-hybridized carbons (Fsp3) is 0.375. The molecule has 1 unspecified atom stereocenters. The number of ether oxygens (including phenoxy) is 1. The van der Waals surface area contributed by atoms with Crippen molar-refractivity contribution in [1.82, 2.24) is 9.55 Å². The Hall–Kier alpha value is -2.47. The maximum absolute atomic E-state index is 15.0. The van der Waals surface area contributed by atoms with Crippen LogP contribution in [0.4, 0.5) is 4.39 Å². The van der Waals surface area contributed by atoms with Gasteiger partial charge in [0.05, 0.1) is 0 Å². The molecule has 5 N–H and O–H groups in total. The summed E-state index contributed by atoms with van der Waals surface area (Å²) >= 11 is 0. The maximum Gasteiger partial charge on any atom is 0.750 e. The minimum atomic E-state index is -3.00. The van der Waals surface area contributed by atoms with E-state index in [0.717, 1.165) is 12.3 Å². The van der Waals surface area contributed by atoms with Crippen molar-refractivity contribution in [2.75, 3.05) is 6.61 Å². The Morgan fingerprint density at radius 3 is 2.72 bits per heavy atom. The maximum atomic E-state index is 15.0. The molecule has 2 heterocycles. The number of H-pyrrole nitrogens is 1. The lowest BCUT2D eigenvalue weighted by atomic mass is 10.1. The van der Waals surface area contributed by atoms with Crippen molar-refractivity contribution < 1.29 is 33.0 Å². The minimum absolute atomic E-state index is 0.107. The summed E-state index contributed by atoms with van der Waals surface area (Å²) in [6.07, 6.45) is -4.68. The second-order valence-electron chi connectivity index (χ2n) is 6.15. The third-order valence-corrected chi connectivity index (χ3v) is 4.92. The highest BCUT2D eigenvalue weighted by Gasteiger charge is 2.58. The van der Waals surface area contributed by atoms with Crippen LogP contribution in [0.25, 0.3) is 0 Å². The Morgan fingerprint density at radius 1 is 1.31 bits per heavy atom. The number of aliphatic hydroxyl groups excluding tert-OH is 2. The largest absolute Gasteiger partial charge is 0.750 e. The van der Waals surface area contributed by atoms with Crippen LogP contribution < -0.4 is 21.5 Å². The van der Waals surface area contributed by atoms with Crippen molar-refractivity contribution >= 4 is 8.25 Å². The number of hydrogen-bond acceptors (Lipinski definition) is 9. The molecule has 1 aromatic carbocycles. The highest BCUT2D eigenvalue weighted by Crippen LogP contribution is 2.40. The Labute approximate surface area is 163 Å². The van der Waals surface area contributed by atoms with Gasteiger partial charge in [0.1, 0.15) is 12.2 Å². The fourth-order valence-corrected chi connectivity index (χ4v) is 3.40. The molecule has 0 aliphatic carbocycles. The number of aromatic amines is 1. The summed E-state index contributed by atoms with van der Waals surface area (Å²) in [6.45, 7) is -0.962. The van der Waals surface area contributed by atoms with Crippen molar-refractivity contribution in [1.29, 1.82) is 0 Å². The second-order valence-corrected chi connectivity index (χ2v) is 7.04. The van der Waals surface area contributed by atoms with Gasteiger partial charge in [0.15, 0.2) is 18.6 Å². The van der Waals surface area contributed by atoms with Crippen LogP contribution in [0.2, 0.25) is 0 Å². The van der Waals surface area contributed by atoms with Crippen molar-refractivity contribution in [2.45, 2.75) is 30.8 Å². The lowest BCUT2D eigenvalue weighted by Gasteiger charge is -2.19. The van der Waals surface area contributed by atoms with E-state index in [0.29, 0.717) is 10.1 Å². The number of rotatable bonds is 7.